The van der Waals surface area contributed by atoms with Crippen LogP contribution in [0.25, 0.3) is 0 Å². The van der Waals surface area contributed by atoms with E-state index in [1.165, 1.54) is 0 Å². The lowest BCUT2D eigenvalue weighted by atomic mass is 9.53. The van der Waals surface area contributed by atoms with Gasteiger partial charge in [0.1, 0.15) is 12.2 Å². The smallest absolute Gasteiger partial charge is 0.359 e. The van der Waals surface area contributed by atoms with Crippen molar-refractivity contribution in [1.29, 1.82) is 0 Å². The highest BCUT2D eigenvalue weighted by Gasteiger charge is 2.74. The van der Waals surface area contributed by atoms with E-state index in [1.54, 1.807) is 0 Å². The Bertz CT molecular complexity index is 387. The summed E-state index contributed by atoms with van der Waals surface area (Å²) >= 11 is 0. The molecule has 1 aliphatic heterocycles. The topological polar surface area (TPSA) is 27.7 Å². The number of alkyl halides is 3. The van der Waals surface area contributed by atoms with Crippen LogP contribution < -0.4 is 0 Å². The van der Waals surface area contributed by atoms with Gasteiger partial charge in [0.15, 0.2) is 0 Å². The lowest BCUT2D eigenvalue weighted by Crippen LogP contribution is -2.76. The molecule has 1 heterocycles. The molecule has 0 radical (unpaired) electrons. The monoisotopic (exact) mass is 278 g/mol. The van der Waals surface area contributed by atoms with E-state index >= 15 is 0 Å². The van der Waals surface area contributed by atoms with Crippen LogP contribution >= 0.6 is 0 Å². The molecule has 3 aliphatic rings. The summed E-state index contributed by atoms with van der Waals surface area (Å²) in [6, 6.07) is 0. The number of hydrogen-bond donors (Lipinski definition) is 0. The standard InChI is InChI=1S/C13H17F3O3/c1-9-10-4-2-3-5-11(10,19-8-12(14,15)16)13(9)17-6-7-18-13/h2,4,9-10H,3,5-8H2,1H3. The van der Waals surface area contributed by atoms with E-state index in [2.05, 4.69) is 0 Å². The molecule has 3 rings (SSSR count). The molecule has 108 valence electrons. The number of allylic oxidation sites excluding steroid dienone is 1. The fourth-order valence-corrected chi connectivity index (χ4v) is 3.78. The van der Waals surface area contributed by atoms with Crippen molar-refractivity contribution in [2.75, 3.05) is 19.8 Å². The van der Waals surface area contributed by atoms with Crippen molar-refractivity contribution in [3.05, 3.63) is 12.2 Å². The van der Waals surface area contributed by atoms with Crippen LogP contribution in [0, 0.1) is 11.8 Å². The third-order valence-electron chi connectivity index (χ3n) is 4.50. The molecule has 3 unspecified atom stereocenters. The van der Waals surface area contributed by atoms with Crippen LogP contribution in [0.4, 0.5) is 13.2 Å². The zero-order valence-electron chi connectivity index (χ0n) is 10.7. The number of fused-ring (bicyclic) bond motifs is 2. The molecule has 0 aromatic carbocycles. The predicted molar refractivity (Wildman–Crippen MR) is 60.4 cm³/mol. The van der Waals surface area contributed by atoms with E-state index in [0.29, 0.717) is 26.1 Å². The van der Waals surface area contributed by atoms with Gasteiger partial charge in [0.2, 0.25) is 5.79 Å². The van der Waals surface area contributed by atoms with Crippen molar-refractivity contribution in [2.45, 2.75) is 37.3 Å². The highest BCUT2D eigenvalue weighted by atomic mass is 19.4. The summed E-state index contributed by atoms with van der Waals surface area (Å²) in [5, 5.41) is 0. The van der Waals surface area contributed by atoms with Crippen LogP contribution in [-0.4, -0.2) is 37.4 Å². The third-order valence-corrected chi connectivity index (χ3v) is 4.50. The third kappa shape index (κ3) is 1.76. The Morgan fingerprint density at radius 1 is 1.32 bits per heavy atom. The summed E-state index contributed by atoms with van der Waals surface area (Å²) in [5.41, 5.74) is -0.979. The second-order valence-electron chi connectivity index (χ2n) is 5.44. The Kier molecular flexibility index (Phi) is 2.96. The van der Waals surface area contributed by atoms with E-state index in [1.807, 2.05) is 19.1 Å². The molecular formula is C13H17F3O3. The highest BCUT2D eigenvalue weighted by Crippen LogP contribution is 2.62. The molecule has 2 fully saturated rings. The summed E-state index contributed by atoms with van der Waals surface area (Å²) in [6.07, 6.45) is 0.808. The molecule has 3 nitrogen and oxygen atoms in total. The van der Waals surface area contributed by atoms with Gasteiger partial charge >= 0.3 is 6.18 Å². The quantitative estimate of drug-likeness (QED) is 0.727. The molecule has 0 N–H and O–H groups in total. The summed E-state index contributed by atoms with van der Waals surface area (Å²) < 4.78 is 54.1. The van der Waals surface area contributed by atoms with Crippen molar-refractivity contribution in [3.63, 3.8) is 0 Å². The Labute approximate surface area is 109 Å². The largest absolute Gasteiger partial charge is 0.411 e. The highest BCUT2D eigenvalue weighted by molar-refractivity contribution is 5.25. The van der Waals surface area contributed by atoms with Gasteiger partial charge in [-0.3, -0.25) is 0 Å². The first kappa shape index (κ1) is 13.4. The first-order valence-corrected chi connectivity index (χ1v) is 6.57. The Balaban J connectivity index is 1.87. The summed E-state index contributed by atoms with van der Waals surface area (Å²) in [5.74, 6) is -1.05. The van der Waals surface area contributed by atoms with Gasteiger partial charge in [-0.1, -0.05) is 19.1 Å². The van der Waals surface area contributed by atoms with E-state index in [0.717, 1.165) is 0 Å². The minimum absolute atomic E-state index is 0.0137. The van der Waals surface area contributed by atoms with Crippen LogP contribution in [0.15, 0.2) is 12.2 Å². The van der Waals surface area contributed by atoms with Crippen molar-refractivity contribution >= 4 is 0 Å². The van der Waals surface area contributed by atoms with Gasteiger partial charge in [-0.25, -0.2) is 0 Å². The van der Waals surface area contributed by atoms with Gasteiger partial charge in [-0.05, 0) is 12.8 Å². The lowest BCUT2D eigenvalue weighted by Gasteiger charge is -2.64. The van der Waals surface area contributed by atoms with E-state index < -0.39 is 24.2 Å². The maximum absolute atomic E-state index is 12.5. The fraction of sp³-hybridized carbons (Fsp3) is 0.846. The van der Waals surface area contributed by atoms with Gasteiger partial charge in [-0.2, -0.15) is 13.2 Å². The minimum Gasteiger partial charge on any atom is -0.359 e. The molecule has 1 saturated heterocycles. The average Bonchev–Trinajstić information content (AvgIpc) is 2.87. The molecule has 3 atom stereocenters. The van der Waals surface area contributed by atoms with Crippen molar-refractivity contribution in [3.8, 4) is 0 Å². The number of rotatable bonds is 2. The van der Waals surface area contributed by atoms with Gasteiger partial charge in [0.25, 0.3) is 0 Å². The number of hydrogen-bond acceptors (Lipinski definition) is 3. The van der Waals surface area contributed by atoms with E-state index in [4.69, 9.17) is 14.2 Å². The molecule has 2 aliphatic carbocycles. The van der Waals surface area contributed by atoms with Crippen molar-refractivity contribution in [2.24, 2.45) is 11.8 Å². The molecular weight excluding hydrogens is 261 g/mol. The molecule has 19 heavy (non-hydrogen) atoms. The van der Waals surface area contributed by atoms with Crippen LogP contribution in [0.1, 0.15) is 19.8 Å². The van der Waals surface area contributed by atoms with Gasteiger partial charge in [0, 0.05) is 11.8 Å². The van der Waals surface area contributed by atoms with E-state index in [9.17, 15) is 13.2 Å². The molecule has 0 amide bonds. The first-order chi connectivity index (χ1) is 8.91. The zero-order valence-corrected chi connectivity index (χ0v) is 10.7. The lowest BCUT2D eigenvalue weighted by molar-refractivity contribution is -0.404. The molecule has 0 aromatic rings. The van der Waals surface area contributed by atoms with Crippen molar-refractivity contribution < 1.29 is 27.4 Å². The van der Waals surface area contributed by atoms with Crippen LogP contribution in [-0.2, 0) is 14.2 Å². The first-order valence-electron chi connectivity index (χ1n) is 6.57. The van der Waals surface area contributed by atoms with Gasteiger partial charge < -0.3 is 14.2 Å². The van der Waals surface area contributed by atoms with Crippen LogP contribution in [0.5, 0.6) is 0 Å². The minimum atomic E-state index is -4.33. The number of ether oxygens (including phenoxy) is 3. The average molecular weight is 278 g/mol. The number of halogens is 3. The zero-order chi connectivity index (χ0) is 13.7. The Morgan fingerprint density at radius 2 is 2.00 bits per heavy atom. The maximum atomic E-state index is 12.5. The second kappa shape index (κ2) is 4.20. The van der Waals surface area contributed by atoms with E-state index in [-0.39, 0.29) is 11.8 Å². The maximum Gasteiger partial charge on any atom is 0.411 e. The summed E-state index contributed by atoms with van der Waals surface area (Å²) in [7, 11) is 0. The molecule has 1 spiro atoms. The van der Waals surface area contributed by atoms with Gasteiger partial charge in [0.05, 0.1) is 13.2 Å². The Hall–Kier alpha value is -0.590. The molecule has 1 saturated carbocycles. The summed E-state index contributed by atoms with van der Waals surface area (Å²) in [6.45, 7) is 1.52. The molecule has 6 heteroatoms. The Morgan fingerprint density at radius 3 is 2.63 bits per heavy atom. The normalized spacial score (nSPS) is 40.2. The van der Waals surface area contributed by atoms with Crippen molar-refractivity contribution in [1.82, 2.24) is 0 Å². The molecule has 0 aromatic heterocycles. The summed E-state index contributed by atoms with van der Waals surface area (Å²) in [4.78, 5) is 0. The predicted octanol–water partition coefficient (Wildman–Crippen LogP) is 2.66. The molecule has 0 bridgehead atoms. The van der Waals surface area contributed by atoms with Crippen LogP contribution in [0.2, 0.25) is 0 Å². The fourth-order valence-electron chi connectivity index (χ4n) is 3.78. The van der Waals surface area contributed by atoms with Gasteiger partial charge in [-0.15, -0.1) is 0 Å². The second-order valence-corrected chi connectivity index (χ2v) is 5.44. The van der Waals surface area contributed by atoms with Crippen LogP contribution in [0.3, 0.4) is 0 Å². The SMILES string of the molecule is CC1C2C=CCCC2(OCC(F)(F)F)C12OCCO2.